The zero-order valence-corrected chi connectivity index (χ0v) is 11.5. The van der Waals surface area contributed by atoms with E-state index in [-0.39, 0.29) is 0 Å². The second-order valence-corrected chi connectivity index (χ2v) is 5.05. The lowest BCUT2D eigenvalue weighted by molar-refractivity contribution is 1.11. The number of aromatic nitrogens is 1. The molecule has 3 aromatic rings. The quantitative estimate of drug-likeness (QED) is 0.515. The van der Waals surface area contributed by atoms with Crippen LogP contribution < -0.4 is 5.73 Å². The molecule has 1 heterocycles. The molecule has 0 aliphatic heterocycles. The van der Waals surface area contributed by atoms with E-state index in [1.54, 1.807) is 0 Å². The predicted molar refractivity (Wildman–Crippen MR) is 89.3 cm³/mol. The van der Waals surface area contributed by atoms with Crippen LogP contribution in [0.3, 0.4) is 0 Å². The molecule has 0 amide bonds. The summed E-state index contributed by atoms with van der Waals surface area (Å²) < 4.78 is 2.20. The average Bonchev–Trinajstić information content (AvgIpc) is 2.68. The first-order valence-corrected chi connectivity index (χ1v) is 6.94. The van der Waals surface area contributed by atoms with Gasteiger partial charge in [0.15, 0.2) is 0 Å². The van der Waals surface area contributed by atoms with Crippen molar-refractivity contribution in [3.63, 3.8) is 0 Å². The number of hydrogen-bond acceptors (Lipinski definition) is 1. The van der Waals surface area contributed by atoms with Crippen molar-refractivity contribution in [2.75, 3.05) is 5.73 Å². The van der Waals surface area contributed by atoms with Crippen molar-refractivity contribution >= 4 is 28.7 Å². The van der Waals surface area contributed by atoms with Crippen LogP contribution in [-0.2, 0) is 0 Å². The maximum Gasteiger partial charge on any atom is 0.0771 e. The largest absolute Gasteiger partial charge is 0.397 e. The molecule has 0 bridgehead atoms. The molecular weight excluding hydrogens is 256 g/mol. The number of benzene rings is 2. The molecule has 0 fully saturated rings. The van der Waals surface area contributed by atoms with E-state index in [4.69, 9.17) is 5.73 Å². The van der Waals surface area contributed by atoms with Gasteiger partial charge >= 0.3 is 0 Å². The van der Waals surface area contributed by atoms with Crippen LogP contribution in [0.5, 0.6) is 0 Å². The van der Waals surface area contributed by atoms with E-state index in [1.165, 1.54) is 10.9 Å². The van der Waals surface area contributed by atoms with Crippen molar-refractivity contribution in [3.8, 4) is 5.69 Å². The Balaban J connectivity index is 2.22. The molecule has 0 spiro atoms. The smallest absolute Gasteiger partial charge is 0.0771 e. The molecular formula is C19H14N2. The molecule has 2 nitrogen and oxygen atoms in total. The summed E-state index contributed by atoms with van der Waals surface area (Å²) in [6.45, 7) is 0. The molecule has 1 aromatic heterocycles. The second-order valence-electron chi connectivity index (χ2n) is 5.05. The molecule has 0 radical (unpaired) electrons. The monoisotopic (exact) mass is 270 g/mol. The van der Waals surface area contributed by atoms with E-state index in [2.05, 4.69) is 34.6 Å². The standard InChI is InChI=1S/C19H14N2/c20-17-12-7-11-16-15-10-5-2-6-13-18(15)21(19(16)17)14-8-3-1-4-9-14/h1-5,7-13H,20H2. The molecule has 4 rings (SSSR count). The summed E-state index contributed by atoms with van der Waals surface area (Å²) in [7, 11) is 0. The van der Waals surface area contributed by atoms with Crippen molar-refractivity contribution in [2.24, 2.45) is 0 Å². The van der Waals surface area contributed by atoms with Crippen LogP contribution in [0, 0.1) is 0 Å². The zero-order valence-electron chi connectivity index (χ0n) is 11.5. The number of para-hydroxylation sites is 2. The van der Waals surface area contributed by atoms with Gasteiger partial charge in [0.05, 0.1) is 16.9 Å². The van der Waals surface area contributed by atoms with E-state index < -0.39 is 0 Å². The van der Waals surface area contributed by atoms with Gasteiger partial charge in [0.1, 0.15) is 0 Å². The number of nitrogens with two attached hydrogens (primary N) is 1. The van der Waals surface area contributed by atoms with Crippen LogP contribution in [0.15, 0.2) is 66.4 Å². The minimum absolute atomic E-state index is 0.787. The lowest BCUT2D eigenvalue weighted by Crippen LogP contribution is -1.98. The van der Waals surface area contributed by atoms with Gasteiger partial charge in [-0.2, -0.15) is 0 Å². The first kappa shape index (κ1) is 11.8. The third-order valence-electron chi connectivity index (χ3n) is 3.79. The Morgan fingerprint density at radius 1 is 0.952 bits per heavy atom. The number of nitrogens with zero attached hydrogens (tertiary/aromatic N) is 1. The topological polar surface area (TPSA) is 30.9 Å². The summed E-state index contributed by atoms with van der Waals surface area (Å²) in [5.74, 6) is 0. The van der Waals surface area contributed by atoms with Crippen molar-refractivity contribution in [2.45, 2.75) is 0 Å². The Hall–Kier alpha value is -2.96. The second kappa shape index (κ2) is 4.55. The van der Waals surface area contributed by atoms with E-state index >= 15 is 0 Å². The molecule has 0 atom stereocenters. The highest BCUT2D eigenvalue weighted by Gasteiger charge is 2.17. The maximum absolute atomic E-state index is 6.26. The zero-order chi connectivity index (χ0) is 14.2. The summed E-state index contributed by atoms with van der Waals surface area (Å²) >= 11 is 0. The lowest BCUT2D eigenvalue weighted by atomic mass is 10.1. The van der Waals surface area contributed by atoms with Crippen LogP contribution in [0.2, 0.25) is 0 Å². The van der Waals surface area contributed by atoms with Crippen LogP contribution in [-0.4, -0.2) is 4.57 Å². The Kier molecular flexibility index (Phi) is 2.56. The summed E-state index contributed by atoms with van der Waals surface area (Å²) in [6, 6.07) is 16.4. The Bertz CT molecular complexity index is 921. The molecule has 2 aromatic carbocycles. The Labute approximate surface area is 123 Å². The fourth-order valence-electron chi connectivity index (χ4n) is 2.90. The fraction of sp³-hybridized carbons (Fsp3) is 0. The molecule has 21 heavy (non-hydrogen) atoms. The van der Waals surface area contributed by atoms with Gasteiger partial charge in [0.25, 0.3) is 0 Å². The molecule has 0 saturated carbocycles. The molecule has 2 heteroatoms. The number of rotatable bonds is 1. The Morgan fingerprint density at radius 2 is 1.81 bits per heavy atom. The highest BCUT2D eigenvalue weighted by Crippen LogP contribution is 2.35. The van der Waals surface area contributed by atoms with E-state index in [0.29, 0.717) is 0 Å². The van der Waals surface area contributed by atoms with E-state index in [9.17, 15) is 0 Å². The first-order valence-electron chi connectivity index (χ1n) is 6.94. The van der Waals surface area contributed by atoms with Gasteiger partial charge in [-0.25, -0.2) is 0 Å². The van der Waals surface area contributed by atoms with Crippen LogP contribution in [0.4, 0.5) is 5.69 Å². The predicted octanol–water partition coefficient (Wildman–Crippen LogP) is 4.41. The van der Waals surface area contributed by atoms with Crippen molar-refractivity contribution in [1.82, 2.24) is 4.57 Å². The number of hydrogen-bond donors (Lipinski definition) is 1. The van der Waals surface area contributed by atoms with Crippen molar-refractivity contribution in [3.05, 3.63) is 77.7 Å². The first-order chi connectivity index (χ1) is 10.4. The van der Waals surface area contributed by atoms with Crippen LogP contribution in [0.25, 0.3) is 28.7 Å². The maximum atomic E-state index is 6.26. The van der Waals surface area contributed by atoms with Gasteiger partial charge in [-0.1, -0.05) is 42.5 Å². The third kappa shape index (κ3) is 1.74. The van der Waals surface area contributed by atoms with Gasteiger partial charge in [-0.05, 0) is 24.3 Å². The summed E-state index contributed by atoms with van der Waals surface area (Å²) in [4.78, 5) is 0. The van der Waals surface area contributed by atoms with E-state index in [1.807, 2.05) is 48.6 Å². The summed E-state index contributed by atoms with van der Waals surface area (Å²) in [6.07, 6.45) is 8.07. The fourth-order valence-corrected chi connectivity index (χ4v) is 2.90. The molecule has 2 N–H and O–H groups in total. The van der Waals surface area contributed by atoms with Crippen LogP contribution in [0.1, 0.15) is 11.3 Å². The van der Waals surface area contributed by atoms with Gasteiger partial charge < -0.3 is 10.3 Å². The molecule has 1 aliphatic rings. The third-order valence-corrected chi connectivity index (χ3v) is 3.79. The summed E-state index contributed by atoms with van der Waals surface area (Å²) in [5, 5.41) is 1.17. The average molecular weight is 270 g/mol. The minimum atomic E-state index is 0.787. The van der Waals surface area contributed by atoms with Gasteiger partial charge in [-0.15, -0.1) is 5.73 Å². The van der Waals surface area contributed by atoms with Crippen LogP contribution >= 0.6 is 0 Å². The molecule has 0 unspecified atom stereocenters. The van der Waals surface area contributed by atoms with Crippen molar-refractivity contribution < 1.29 is 0 Å². The highest BCUT2D eigenvalue weighted by atomic mass is 15.0. The lowest BCUT2D eigenvalue weighted by Gasteiger charge is -2.09. The molecule has 100 valence electrons. The van der Waals surface area contributed by atoms with Gasteiger partial charge in [-0.3, -0.25) is 0 Å². The minimum Gasteiger partial charge on any atom is -0.397 e. The highest BCUT2D eigenvalue weighted by molar-refractivity contribution is 6.01. The number of fused-ring (bicyclic) bond motifs is 3. The van der Waals surface area contributed by atoms with E-state index in [0.717, 1.165) is 22.6 Å². The van der Waals surface area contributed by atoms with Crippen molar-refractivity contribution in [1.29, 1.82) is 0 Å². The number of allylic oxidation sites excluding steroid dienone is 2. The number of anilines is 1. The normalized spacial score (nSPS) is 12.6. The van der Waals surface area contributed by atoms with Gasteiger partial charge in [0, 0.05) is 22.7 Å². The molecule has 1 aliphatic carbocycles. The molecule has 0 saturated heterocycles. The summed E-state index contributed by atoms with van der Waals surface area (Å²) in [5.41, 5.74) is 14.7. The SMILES string of the molecule is Nc1cccc2c3c(n(-c4ccccc4)c12)C=C=CC=C3. The Morgan fingerprint density at radius 3 is 2.67 bits per heavy atom. The van der Waals surface area contributed by atoms with Gasteiger partial charge in [0.2, 0.25) is 0 Å². The number of nitrogen functional groups attached to an aromatic ring is 1.